The summed E-state index contributed by atoms with van der Waals surface area (Å²) in [5.74, 6) is -0.0888. The quantitative estimate of drug-likeness (QED) is 0.844. The Bertz CT molecular complexity index is 661. The van der Waals surface area contributed by atoms with E-state index in [2.05, 4.69) is 5.32 Å². The Labute approximate surface area is 111 Å². The van der Waals surface area contributed by atoms with Crippen LogP contribution in [0.1, 0.15) is 12.0 Å². The number of amides is 1. The van der Waals surface area contributed by atoms with Gasteiger partial charge in [-0.25, -0.2) is 0 Å². The van der Waals surface area contributed by atoms with Gasteiger partial charge in [0, 0.05) is 32.1 Å². The maximum absolute atomic E-state index is 12.3. The van der Waals surface area contributed by atoms with Crippen LogP contribution < -0.4 is 16.6 Å². The van der Waals surface area contributed by atoms with E-state index in [1.807, 2.05) is 30.3 Å². The lowest BCUT2D eigenvalue weighted by Gasteiger charge is -2.11. The van der Waals surface area contributed by atoms with Crippen molar-refractivity contribution >= 4 is 16.8 Å². The van der Waals surface area contributed by atoms with Gasteiger partial charge in [-0.1, -0.05) is 18.2 Å². The van der Waals surface area contributed by atoms with Gasteiger partial charge in [0.25, 0.3) is 5.56 Å². The molecule has 2 rings (SSSR count). The summed E-state index contributed by atoms with van der Waals surface area (Å²) in [7, 11) is 1.58. The fourth-order valence-corrected chi connectivity index (χ4v) is 2.09. The van der Waals surface area contributed by atoms with Gasteiger partial charge in [-0.05, 0) is 17.5 Å². The van der Waals surface area contributed by atoms with Crippen LogP contribution in [0.3, 0.4) is 0 Å². The van der Waals surface area contributed by atoms with Crippen LogP contribution in [0.15, 0.2) is 35.1 Å². The van der Waals surface area contributed by atoms with Crippen molar-refractivity contribution in [2.45, 2.75) is 19.5 Å². The molecule has 3 N–H and O–H groups in total. The second-order valence-electron chi connectivity index (χ2n) is 4.31. The topological polar surface area (TPSA) is 77.1 Å². The van der Waals surface area contributed by atoms with Crippen LogP contribution in [0.25, 0.3) is 10.9 Å². The molecule has 0 saturated carbocycles. The monoisotopic (exact) mass is 259 g/mol. The van der Waals surface area contributed by atoms with E-state index in [0.717, 1.165) is 10.9 Å². The number of carbonyl (C=O) groups excluding carboxylic acids is 1. The number of carbonyl (C=O) groups is 1. The van der Waals surface area contributed by atoms with Gasteiger partial charge in [-0.15, -0.1) is 0 Å². The molecule has 0 spiro atoms. The normalized spacial score (nSPS) is 10.6. The standard InChI is InChI=1S/C14H17N3O2/c1-16-13(18)6-7-17-12-5-3-2-4-10(12)8-11(9-15)14(17)19/h2-5,8H,6-7,9,15H2,1H3,(H,16,18). The van der Waals surface area contributed by atoms with Crippen molar-refractivity contribution in [1.29, 1.82) is 0 Å². The van der Waals surface area contributed by atoms with Crippen LogP contribution in [0.4, 0.5) is 0 Å². The number of aryl methyl sites for hydroxylation is 1. The lowest BCUT2D eigenvalue weighted by Crippen LogP contribution is -2.28. The molecule has 0 bridgehead atoms. The molecule has 1 aromatic carbocycles. The van der Waals surface area contributed by atoms with E-state index >= 15 is 0 Å². The van der Waals surface area contributed by atoms with Crippen molar-refractivity contribution in [1.82, 2.24) is 9.88 Å². The third kappa shape index (κ3) is 2.66. The first kappa shape index (κ1) is 13.3. The molecule has 2 aromatic rings. The molecule has 0 aliphatic carbocycles. The van der Waals surface area contributed by atoms with Gasteiger partial charge in [0.15, 0.2) is 0 Å². The van der Waals surface area contributed by atoms with Crippen molar-refractivity contribution in [3.8, 4) is 0 Å². The Balaban J connectivity index is 2.52. The van der Waals surface area contributed by atoms with Gasteiger partial charge in [0.05, 0.1) is 5.52 Å². The molecular weight excluding hydrogens is 242 g/mol. The highest BCUT2D eigenvalue weighted by Gasteiger charge is 2.09. The smallest absolute Gasteiger partial charge is 0.255 e. The number of nitrogens with one attached hydrogen (secondary N) is 1. The lowest BCUT2D eigenvalue weighted by atomic mass is 10.1. The highest BCUT2D eigenvalue weighted by Crippen LogP contribution is 2.13. The van der Waals surface area contributed by atoms with Crippen LogP contribution in [0.5, 0.6) is 0 Å². The molecule has 5 heteroatoms. The fraction of sp³-hybridized carbons (Fsp3) is 0.286. The molecule has 0 radical (unpaired) electrons. The van der Waals surface area contributed by atoms with E-state index in [0.29, 0.717) is 12.1 Å². The largest absolute Gasteiger partial charge is 0.359 e. The summed E-state index contributed by atoms with van der Waals surface area (Å²) in [6.45, 7) is 0.552. The third-order valence-corrected chi connectivity index (χ3v) is 3.14. The number of aromatic nitrogens is 1. The molecule has 1 aromatic heterocycles. The molecule has 19 heavy (non-hydrogen) atoms. The van der Waals surface area contributed by atoms with Gasteiger partial charge in [0.1, 0.15) is 0 Å². The summed E-state index contributed by atoms with van der Waals surface area (Å²) in [5.41, 5.74) is 6.87. The molecular formula is C14H17N3O2. The first-order chi connectivity index (χ1) is 9.17. The Morgan fingerprint density at radius 2 is 2.11 bits per heavy atom. The molecule has 0 aliphatic heterocycles. The van der Waals surface area contributed by atoms with E-state index < -0.39 is 0 Å². The second kappa shape index (κ2) is 5.67. The number of pyridine rings is 1. The van der Waals surface area contributed by atoms with E-state index in [4.69, 9.17) is 5.73 Å². The van der Waals surface area contributed by atoms with E-state index in [1.165, 1.54) is 0 Å². The molecule has 5 nitrogen and oxygen atoms in total. The fourth-order valence-electron chi connectivity index (χ4n) is 2.09. The Hall–Kier alpha value is -2.14. The Morgan fingerprint density at radius 3 is 2.79 bits per heavy atom. The number of nitrogens with zero attached hydrogens (tertiary/aromatic N) is 1. The van der Waals surface area contributed by atoms with Crippen molar-refractivity contribution in [3.05, 3.63) is 46.2 Å². The minimum absolute atomic E-state index is 0.0888. The summed E-state index contributed by atoms with van der Waals surface area (Å²) in [6.07, 6.45) is 0.272. The predicted molar refractivity (Wildman–Crippen MR) is 74.8 cm³/mol. The number of para-hydroxylation sites is 1. The highest BCUT2D eigenvalue weighted by molar-refractivity contribution is 5.80. The molecule has 1 heterocycles. The summed E-state index contributed by atoms with van der Waals surface area (Å²) in [4.78, 5) is 23.6. The van der Waals surface area contributed by atoms with Crippen molar-refractivity contribution in [3.63, 3.8) is 0 Å². The molecule has 0 aliphatic rings. The third-order valence-electron chi connectivity index (χ3n) is 3.14. The minimum atomic E-state index is -0.120. The first-order valence-electron chi connectivity index (χ1n) is 6.19. The van der Waals surface area contributed by atoms with Crippen LogP contribution in [0, 0.1) is 0 Å². The number of benzene rings is 1. The lowest BCUT2D eigenvalue weighted by molar-refractivity contribution is -0.120. The van der Waals surface area contributed by atoms with Crippen molar-refractivity contribution in [2.75, 3.05) is 7.05 Å². The van der Waals surface area contributed by atoms with Crippen LogP contribution in [0.2, 0.25) is 0 Å². The average Bonchev–Trinajstić information content (AvgIpc) is 2.45. The molecule has 1 amide bonds. The zero-order valence-corrected chi connectivity index (χ0v) is 10.8. The van der Waals surface area contributed by atoms with Crippen molar-refractivity contribution in [2.24, 2.45) is 5.73 Å². The minimum Gasteiger partial charge on any atom is -0.359 e. The van der Waals surface area contributed by atoms with E-state index in [-0.39, 0.29) is 24.4 Å². The number of hydrogen-bond acceptors (Lipinski definition) is 3. The first-order valence-corrected chi connectivity index (χ1v) is 6.19. The van der Waals surface area contributed by atoms with Gasteiger partial charge < -0.3 is 15.6 Å². The van der Waals surface area contributed by atoms with Gasteiger partial charge in [-0.2, -0.15) is 0 Å². The average molecular weight is 259 g/mol. The van der Waals surface area contributed by atoms with Crippen LogP contribution in [-0.2, 0) is 17.9 Å². The highest BCUT2D eigenvalue weighted by atomic mass is 16.1. The SMILES string of the molecule is CNC(=O)CCn1c(=O)c(CN)cc2ccccc21. The Kier molecular flexibility index (Phi) is 3.97. The maximum atomic E-state index is 12.3. The molecule has 0 fully saturated rings. The summed E-state index contributed by atoms with van der Waals surface area (Å²) >= 11 is 0. The summed E-state index contributed by atoms with van der Waals surface area (Å²) < 4.78 is 1.62. The number of rotatable bonds is 4. The molecule has 0 unspecified atom stereocenters. The molecule has 100 valence electrons. The number of nitrogens with two attached hydrogens (primary N) is 1. The zero-order chi connectivity index (χ0) is 13.8. The molecule has 0 atom stereocenters. The molecule has 0 saturated heterocycles. The van der Waals surface area contributed by atoms with E-state index in [1.54, 1.807) is 11.6 Å². The van der Waals surface area contributed by atoms with E-state index in [9.17, 15) is 9.59 Å². The summed E-state index contributed by atoms with van der Waals surface area (Å²) in [6, 6.07) is 9.41. The zero-order valence-electron chi connectivity index (χ0n) is 10.8. The second-order valence-corrected chi connectivity index (χ2v) is 4.31. The van der Waals surface area contributed by atoms with Gasteiger partial charge in [-0.3, -0.25) is 9.59 Å². The van der Waals surface area contributed by atoms with Crippen LogP contribution >= 0.6 is 0 Å². The summed E-state index contributed by atoms with van der Waals surface area (Å²) in [5, 5.41) is 3.51. The van der Waals surface area contributed by atoms with Crippen LogP contribution in [-0.4, -0.2) is 17.5 Å². The number of hydrogen-bond donors (Lipinski definition) is 2. The Morgan fingerprint density at radius 1 is 1.37 bits per heavy atom. The number of fused-ring (bicyclic) bond motifs is 1. The van der Waals surface area contributed by atoms with Crippen molar-refractivity contribution < 1.29 is 4.79 Å². The van der Waals surface area contributed by atoms with Gasteiger partial charge >= 0.3 is 0 Å². The maximum Gasteiger partial charge on any atom is 0.255 e. The van der Waals surface area contributed by atoms with Gasteiger partial charge in [0.2, 0.25) is 5.91 Å². The predicted octanol–water partition coefficient (Wildman–Crippen LogP) is 0.596.